The van der Waals surface area contributed by atoms with Crippen molar-refractivity contribution in [2.45, 2.75) is 6.42 Å². The number of rotatable bonds is 4. The van der Waals surface area contributed by atoms with Gasteiger partial charge in [-0.3, -0.25) is 9.78 Å². The highest BCUT2D eigenvalue weighted by Gasteiger charge is 2.12. The molecule has 104 valence electrons. The van der Waals surface area contributed by atoms with Crippen molar-refractivity contribution in [3.8, 4) is 0 Å². The minimum absolute atomic E-state index is 0.0486. The van der Waals surface area contributed by atoms with Crippen molar-refractivity contribution >= 4 is 27.5 Å². The van der Waals surface area contributed by atoms with Gasteiger partial charge in [0.2, 0.25) is 0 Å². The van der Waals surface area contributed by atoms with E-state index < -0.39 is 5.82 Å². The fraction of sp³-hybridized carbons (Fsp3) is 0.143. The molecule has 0 aliphatic carbocycles. The van der Waals surface area contributed by atoms with Crippen molar-refractivity contribution in [3.63, 3.8) is 0 Å². The zero-order chi connectivity index (χ0) is 14.5. The smallest absolute Gasteiger partial charge is 0.252 e. The summed E-state index contributed by atoms with van der Waals surface area (Å²) < 4.78 is 13.6. The highest BCUT2D eigenvalue weighted by atomic mass is 79.9. The normalized spacial score (nSPS) is 10.3. The van der Waals surface area contributed by atoms with Gasteiger partial charge in [-0.15, -0.1) is 0 Å². The summed E-state index contributed by atoms with van der Waals surface area (Å²) in [6.07, 6.45) is 4.10. The van der Waals surface area contributed by atoms with Crippen LogP contribution in [0.4, 0.5) is 10.1 Å². The molecule has 2 aromatic rings. The Labute approximate surface area is 124 Å². The van der Waals surface area contributed by atoms with E-state index in [0.717, 1.165) is 5.56 Å². The second-order valence-electron chi connectivity index (χ2n) is 4.21. The third-order valence-corrected chi connectivity index (χ3v) is 3.44. The van der Waals surface area contributed by atoms with Crippen molar-refractivity contribution < 1.29 is 9.18 Å². The first kappa shape index (κ1) is 14.5. The number of nitrogens with zero attached hydrogens (tertiary/aromatic N) is 1. The van der Waals surface area contributed by atoms with Gasteiger partial charge in [0.05, 0.1) is 11.3 Å². The lowest BCUT2D eigenvalue weighted by Crippen LogP contribution is -2.26. The summed E-state index contributed by atoms with van der Waals surface area (Å²) in [5.41, 5.74) is 6.82. The molecule has 0 saturated heterocycles. The summed E-state index contributed by atoms with van der Waals surface area (Å²) in [5.74, 6) is -0.845. The number of hydrogen-bond acceptors (Lipinski definition) is 3. The molecular weight excluding hydrogens is 325 g/mol. The number of amides is 1. The molecular formula is C14H13BrFN3O. The molecule has 1 heterocycles. The van der Waals surface area contributed by atoms with E-state index in [0.29, 0.717) is 23.0 Å². The van der Waals surface area contributed by atoms with Gasteiger partial charge >= 0.3 is 0 Å². The number of nitrogens with two attached hydrogens (primary N) is 1. The van der Waals surface area contributed by atoms with Gasteiger partial charge in [0, 0.05) is 23.4 Å². The maximum absolute atomic E-state index is 13.2. The Hall–Kier alpha value is -1.95. The fourth-order valence-electron chi connectivity index (χ4n) is 1.70. The summed E-state index contributed by atoms with van der Waals surface area (Å²) in [4.78, 5) is 15.9. The minimum atomic E-state index is -0.551. The molecule has 1 aromatic carbocycles. The fourth-order valence-corrected chi connectivity index (χ4v) is 2.20. The van der Waals surface area contributed by atoms with E-state index in [1.165, 1.54) is 12.1 Å². The molecule has 0 atom stereocenters. The van der Waals surface area contributed by atoms with Crippen LogP contribution in [-0.2, 0) is 6.42 Å². The number of halogens is 2. The second kappa shape index (κ2) is 6.47. The highest BCUT2D eigenvalue weighted by Crippen LogP contribution is 2.22. The van der Waals surface area contributed by atoms with Crippen molar-refractivity contribution in [1.29, 1.82) is 0 Å². The zero-order valence-electron chi connectivity index (χ0n) is 10.6. The summed E-state index contributed by atoms with van der Waals surface area (Å²) in [6, 6.07) is 6.28. The molecule has 4 nitrogen and oxygen atoms in total. The molecule has 1 amide bonds. The van der Waals surface area contributed by atoms with Crippen LogP contribution >= 0.6 is 15.9 Å². The molecule has 20 heavy (non-hydrogen) atoms. The number of hydrogen-bond donors (Lipinski definition) is 2. The van der Waals surface area contributed by atoms with Crippen molar-refractivity contribution in [2.24, 2.45) is 0 Å². The van der Waals surface area contributed by atoms with E-state index in [1.807, 2.05) is 12.1 Å². The molecule has 0 aliphatic heterocycles. The summed E-state index contributed by atoms with van der Waals surface area (Å²) in [5, 5.41) is 2.77. The number of carbonyl (C=O) groups excluding carboxylic acids is 1. The van der Waals surface area contributed by atoms with Crippen LogP contribution < -0.4 is 11.1 Å². The Balaban J connectivity index is 1.97. The quantitative estimate of drug-likeness (QED) is 0.842. The molecule has 0 radical (unpaired) electrons. The maximum atomic E-state index is 13.2. The van der Waals surface area contributed by atoms with Crippen LogP contribution in [0, 0.1) is 5.82 Å². The maximum Gasteiger partial charge on any atom is 0.252 e. The average Bonchev–Trinajstić information content (AvgIpc) is 2.44. The monoisotopic (exact) mass is 337 g/mol. The van der Waals surface area contributed by atoms with Crippen LogP contribution in [0.25, 0.3) is 0 Å². The van der Waals surface area contributed by atoms with Crippen LogP contribution in [0.5, 0.6) is 0 Å². The van der Waals surface area contributed by atoms with Crippen molar-refractivity contribution in [1.82, 2.24) is 10.3 Å². The highest BCUT2D eigenvalue weighted by molar-refractivity contribution is 9.10. The van der Waals surface area contributed by atoms with Gasteiger partial charge in [-0.05, 0) is 52.2 Å². The van der Waals surface area contributed by atoms with Crippen molar-refractivity contribution in [3.05, 3.63) is 58.1 Å². The molecule has 0 aliphatic rings. The number of pyridine rings is 1. The number of nitrogens with one attached hydrogen (secondary N) is 1. The van der Waals surface area contributed by atoms with Crippen LogP contribution in [0.1, 0.15) is 15.9 Å². The van der Waals surface area contributed by atoms with Gasteiger partial charge in [0.1, 0.15) is 5.82 Å². The van der Waals surface area contributed by atoms with E-state index in [1.54, 1.807) is 12.4 Å². The van der Waals surface area contributed by atoms with Gasteiger partial charge < -0.3 is 11.1 Å². The molecule has 0 saturated carbocycles. The first-order chi connectivity index (χ1) is 9.58. The lowest BCUT2D eigenvalue weighted by atomic mass is 10.1. The van der Waals surface area contributed by atoms with Gasteiger partial charge in [0.15, 0.2) is 0 Å². The molecule has 6 heteroatoms. The van der Waals surface area contributed by atoms with Crippen molar-refractivity contribution in [2.75, 3.05) is 12.3 Å². The largest absolute Gasteiger partial charge is 0.396 e. The third kappa shape index (κ3) is 3.54. The first-order valence-electron chi connectivity index (χ1n) is 5.99. The molecule has 0 spiro atoms. The molecule has 0 bridgehead atoms. The van der Waals surface area contributed by atoms with E-state index in [-0.39, 0.29) is 11.6 Å². The van der Waals surface area contributed by atoms with Crippen LogP contribution in [0.2, 0.25) is 0 Å². The van der Waals surface area contributed by atoms with Crippen LogP contribution in [-0.4, -0.2) is 17.4 Å². The topological polar surface area (TPSA) is 68.0 Å². The number of nitrogen functional groups attached to an aromatic ring is 1. The third-order valence-electron chi connectivity index (χ3n) is 2.78. The molecule has 3 N–H and O–H groups in total. The number of carbonyl (C=O) groups is 1. The molecule has 2 rings (SSSR count). The Morgan fingerprint density at radius 2 is 2.05 bits per heavy atom. The van der Waals surface area contributed by atoms with Crippen LogP contribution in [0.3, 0.4) is 0 Å². The lowest BCUT2D eigenvalue weighted by molar-refractivity contribution is 0.0953. The Morgan fingerprint density at radius 1 is 1.35 bits per heavy atom. The zero-order valence-corrected chi connectivity index (χ0v) is 12.2. The number of anilines is 1. The van der Waals surface area contributed by atoms with Gasteiger partial charge in [-0.25, -0.2) is 4.39 Å². The summed E-state index contributed by atoms with van der Waals surface area (Å²) in [6.45, 7) is 0.479. The second-order valence-corrected chi connectivity index (χ2v) is 5.07. The molecule has 0 unspecified atom stereocenters. The summed E-state index contributed by atoms with van der Waals surface area (Å²) in [7, 11) is 0. The SMILES string of the molecule is Nc1cc(C(=O)NCCc2ccncc2)c(Br)cc1F. The Bertz CT molecular complexity index is 619. The van der Waals surface area contributed by atoms with E-state index in [2.05, 4.69) is 26.2 Å². The summed E-state index contributed by atoms with van der Waals surface area (Å²) >= 11 is 3.15. The number of benzene rings is 1. The first-order valence-corrected chi connectivity index (χ1v) is 6.79. The number of aromatic nitrogens is 1. The average molecular weight is 338 g/mol. The van der Waals surface area contributed by atoms with Gasteiger partial charge in [0.25, 0.3) is 5.91 Å². The minimum Gasteiger partial charge on any atom is -0.396 e. The van der Waals surface area contributed by atoms with Gasteiger partial charge in [-0.2, -0.15) is 0 Å². The predicted octanol–water partition coefficient (Wildman–Crippen LogP) is 2.54. The van der Waals surface area contributed by atoms with E-state index in [9.17, 15) is 9.18 Å². The van der Waals surface area contributed by atoms with Crippen LogP contribution in [0.15, 0.2) is 41.1 Å². The van der Waals surface area contributed by atoms with Gasteiger partial charge in [-0.1, -0.05) is 0 Å². The molecule has 0 fully saturated rings. The predicted molar refractivity (Wildman–Crippen MR) is 78.8 cm³/mol. The van der Waals surface area contributed by atoms with E-state index >= 15 is 0 Å². The Kier molecular flexibility index (Phi) is 4.68. The lowest BCUT2D eigenvalue weighted by Gasteiger charge is -2.08. The standard InChI is InChI=1S/C14H13BrFN3O/c15-11-8-12(16)13(17)7-10(11)14(20)19-6-3-9-1-4-18-5-2-9/h1-2,4-5,7-8H,3,6,17H2,(H,19,20). The Morgan fingerprint density at radius 3 is 2.75 bits per heavy atom. The van der Waals surface area contributed by atoms with E-state index in [4.69, 9.17) is 5.73 Å². The molecule has 1 aromatic heterocycles.